The van der Waals surface area contributed by atoms with Gasteiger partial charge in [0.2, 0.25) is 0 Å². The molecule has 0 unspecified atom stereocenters. The molecule has 0 bridgehead atoms. The van der Waals surface area contributed by atoms with Gasteiger partial charge in [-0.25, -0.2) is 0 Å². The van der Waals surface area contributed by atoms with Crippen LogP contribution in [0.15, 0.2) is 0 Å². The smallest absolute Gasteiger partial charge is 0.0474 e. The van der Waals surface area contributed by atoms with Crippen molar-refractivity contribution in [2.24, 2.45) is 0 Å². The van der Waals surface area contributed by atoms with Gasteiger partial charge in [-0.15, -0.1) is 0 Å². The summed E-state index contributed by atoms with van der Waals surface area (Å²) in [5.41, 5.74) is 0. The van der Waals surface area contributed by atoms with Gasteiger partial charge in [-0.3, -0.25) is 0 Å². The third-order valence-electron chi connectivity index (χ3n) is 2.10. The highest BCUT2D eigenvalue weighted by Crippen LogP contribution is 1.93. The molecule has 0 fully saturated rings. The van der Waals surface area contributed by atoms with E-state index in [0.29, 0.717) is 0 Å². The fourth-order valence-electron chi connectivity index (χ4n) is 1.27. The standard InChI is InChI=1S/C10H24N2O/c1-11-7-4-5-8-12(2)9-6-10-13-3/h11H,4-10H2,1-3H3. The van der Waals surface area contributed by atoms with Gasteiger partial charge in [-0.05, 0) is 46.4 Å². The van der Waals surface area contributed by atoms with Gasteiger partial charge in [-0.1, -0.05) is 0 Å². The van der Waals surface area contributed by atoms with Gasteiger partial charge >= 0.3 is 0 Å². The van der Waals surface area contributed by atoms with Crippen molar-refractivity contribution >= 4 is 0 Å². The van der Waals surface area contributed by atoms with E-state index in [9.17, 15) is 0 Å². The second kappa shape index (κ2) is 9.96. The van der Waals surface area contributed by atoms with E-state index in [-0.39, 0.29) is 0 Å². The number of rotatable bonds is 9. The maximum atomic E-state index is 5.00. The van der Waals surface area contributed by atoms with Gasteiger partial charge in [0.05, 0.1) is 0 Å². The Bertz CT molecular complexity index is 98.9. The van der Waals surface area contributed by atoms with Crippen LogP contribution < -0.4 is 5.32 Å². The monoisotopic (exact) mass is 188 g/mol. The lowest BCUT2D eigenvalue weighted by molar-refractivity contribution is 0.179. The zero-order chi connectivity index (χ0) is 9.94. The molecule has 0 saturated carbocycles. The van der Waals surface area contributed by atoms with Crippen LogP contribution in [0.2, 0.25) is 0 Å². The Labute approximate surface area is 82.4 Å². The van der Waals surface area contributed by atoms with E-state index in [1.165, 1.54) is 19.4 Å². The number of ether oxygens (including phenoxy) is 1. The molecule has 0 spiro atoms. The van der Waals surface area contributed by atoms with Crippen molar-refractivity contribution < 1.29 is 4.74 Å². The highest BCUT2D eigenvalue weighted by molar-refractivity contribution is 4.52. The van der Waals surface area contributed by atoms with E-state index in [0.717, 1.165) is 26.1 Å². The van der Waals surface area contributed by atoms with E-state index >= 15 is 0 Å². The van der Waals surface area contributed by atoms with Crippen LogP contribution in [-0.2, 0) is 4.74 Å². The zero-order valence-electron chi connectivity index (χ0n) is 9.31. The van der Waals surface area contributed by atoms with Crippen molar-refractivity contribution in [2.45, 2.75) is 19.3 Å². The van der Waals surface area contributed by atoms with Gasteiger partial charge in [0, 0.05) is 20.3 Å². The Morgan fingerprint density at radius 2 is 1.85 bits per heavy atom. The molecule has 0 saturated heterocycles. The molecule has 3 nitrogen and oxygen atoms in total. The maximum Gasteiger partial charge on any atom is 0.0474 e. The van der Waals surface area contributed by atoms with Crippen LogP contribution in [0.5, 0.6) is 0 Å². The quantitative estimate of drug-likeness (QED) is 0.545. The van der Waals surface area contributed by atoms with E-state index < -0.39 is 0 Å². The molecule has 0 aliphatic heterocycles. The van der Waals surface area contributed by atoms with Gasteiger partial charge in [0.25, 0.3) is 0 Å². The summed E-state index contributed by atoms with van der Waals surface area (Å²) in [7, 11) is 5.93. The summed E-state index contributed by atoms with van der Waals surface area (Å²) in [6.45, 7) is 4.35. The average molecular weight is 188 g/mol. The number of hydrogen-bond acceptors (Lipinski definition) is 3. The first-order valence-electron chi connectivity index (χ1n) is 5.13. The molecule has 0 aliphatic rings. The fourth-order valence-corrected chi connectivity index (χ4v) is 1.27. The van der Waals surface area contributed by atoms with Crippen molar-refractivity contribution in [1.82, 2.24) is 10.2 Å². The average Bonchev–Trinajstić information content (AvgIpc) is 2.13. The summed E-state index contributed by atoms with van der Waals surface area (Å²) in [5.74, 6) is 0. The predicted molar refractivity (Wildman–Crippen MR) is 57.2 cm³/mol. The third kappa shape index (κ3) is 9.80. The first-order valence-corrected chi connectivity index (χ1v) is 5.13. The summed E-state index contributed by atoms with van der Waals surface area (Å²) >= 11 is 0. The molecule has 0 heterocycles. The molecular weight excluding hydrogens is 164 g/mol. The Morgan fingerprint density at radius 3 is 2.46 bits per heavy atom. The van der Waals surface area contributed by atoms with Crippen LogP contribution in [0.4, 0.5) is 0 Å². The molecule has 0 amide bonds. The molecule has 0 atom stereocenters. The first kappa shape index (κ1) is 12.9. The van der Waals surface area contributed by atoms with Crippen molar-refractivity contribution in [1.29, 1.82) is 0 Å². The Kier molecular flexibility index (Phi) is 9.87. The molecule has 0 aliphatic carbocycles. The summed E-state index contributed by atoms with van der Waals surface area (Å²) in [6, 6.07) is 0. The van der Waals surface area contributed by atoms with Crippen LogP contribution in [0, 0.1) is 0 Å². The van der Waals surface area contributed by atoms with Crippen molar-refractivity contribution in [3.63, 3.8) is 0 Å². The Hall–Kier alpha value is -0.120. The SMILES string of the molecule is CNCCCCN(C)CCCOC. The predicted octanol–water partition coefficient (Wildman–Crippen LogP) is 0.954. The van der Waals surface area contributed by atoms with Crippen LogP contribution >= 0.6 is 0 Å². The second-order valence-corrected chi connectivity index (χ2v) is 3.46. The Morgan fingerprint density at radius 1 is 1.15 bits per heavy atom. The lowest BCUT2D eigenvalue weighted by Crippen LogP contribution is -2.22. The van der Waals surface area contributed by atoms with E-state index in [2.05, 4.69) is 17.3 Å². The first-order chi connectivity index (χ1) is 6.31. The molecular formula is C10H24N2O. The summed E-state index contributed by atoms with van der Waals surface area (Å²) < 4.78 is 5.00. The van der Waals surface area contributed by atoms with E-state index in [1.54, 1.807) is 7.11 Å². The minimum Gasteiger partial charge on any atom is -0.385 e. The van der Waals surface area contributed by atoms with Gasteiger partial charge in [0.1, 0.15) is 0 Å². The molecule has 80 valence electrons. The van der Waals surface area contributed by atoms with Crippen molar-refractivity contribution in [3.05, 3.63) is 0 Å². The lowest BCUT2D eigenvalue weighted by atomic mass is 10.3. The van der Waals surface area contributed by atoms with Gasteiger partial charge < -0.3 is 15.0 Å². The van der Waals surface area contributed by atoms with Gasteiger partial charge in [0.15, 0.2) is 0 Å². The minimum absolute atomic E-state index is 0.876. The van der Waals surface area contributed by atoms with Crippen LogP contribution in [-0.4, -0.2) is 52.3 Å². The number of methoxy groups -OCH3 is 1. The lowest BCUT2D eigenvalue weighted by Gasteiger charge is -2.15. The molecule has 0 radical (unpaired) electrons. The Balaban J connectivity index is 3.05. The fraction of sp³-hybridized carbons (Fsp3) is 1.00. The van der Waals surface area contributed by atoms with Crippen LogP contribution in [0.3, 0.4) is 0 Å². The summed E-state index contributed by atoms with van der Waals surface area (Å²) in [4.78, 5) is 2.37. The third-order valence-corrected chi connectivity index (χ3v) is 2.10. The van der Waals surface area contributed by atoms with Crippen molar-refractivity contribution in [2.75, 3.05) is 47.4 Å². The van der Waals surface area contributed by atoms with E-state index in [4.69, 9.17) is 4.74 Å². The maximum absolute atomic E-state index is 5.00. The highest BCUT2D eigenvalue weighted by Gasteiger charge is 1.96. The normalized spacial score (nSPS) is 11.1. The molecule has 3 heteroatoms. The number of hydrogen-bond donors (Lipinski definition) is 1. The largest absolute Gasteiger partial charge is 0.385 e. The molecule has 1 N–H and O–H groups in total. The number of nitrogens with zero attached hydrogens (tertiary/aromatic N) is 1. The molecule has 0 aromatic heterocycles. The molecule has 13 heavy (non-hydrogen) atoms. The molecule has 0 rings (SSSR count). The number of nitrogens with one attached hydrogen (secondary N) is 1. The molecule has 0 aromatic rings. The minimum atomic E-state index is 0.876. The van der Waals surface area contributed by atoms with Crippen LogP contribution in [0.1, 0.15) is 19.3 Å². The topological polar surface area (TPSA) is 24.5 Å². The number of unbranched alkanes of at least 4 members (excludes halogenated alkanes) is 1. The molecule has 0 aromatic carbocycles. The second-order valence-electron chi connectivity index (χ2n) is 3.46. The van der Waals surface area contributed by atoms with Crippen molar-refractivity contribution in [3.8, 4) is 0 Å². The zero-order valence-corrected chi connectivity index (χ0v) is 9.31. The van der Waals surface area contributed by atoms with E-state index in [1.807, 2.05) is 7.05 Å². The van der Waals surface area contributed by atoms with Crippen LogP contribution in [0.25, 0.3) is 0 Å². The summed E-state index contributed by atoms with van der Waals surface area (Å²) in [6.07, 6.45) is 3.69. The van der Waals surface area contributed by atoms with Gasteiger partial charge in [-0.2, -0.15) is 0 Å². The highest BCUT2D eigenvalue weighted by atomic mass is 16.5. The summed E-state index contributed by atoms with van der Waals surface area (Å²) in [5, 5.41) is 3.16.